The van der Waals surface area contributed by atoms with Gasteiger partial charge in [0, 0.05) is 38.5 Å². The van der Waals surface area contributed by atoms with Crippen LogP contribution in [0.1, 0.15) is 6.42 Å². The maximum absolute atomic E-state index is 11.5. The molecule has 0 aromatic heterocycles. The number of amides is 1. The lowest BCUT2D eigenvalue weighted by Crippen LogP contribution is -2.30. The summed E-state index contributed by atoms with van der Waals surface area (Å²) < 4.78 is 20.5. The molecule has 0 unspecified atom stereocenters. The number of carbonyl (C=O) groups is 1. The fourth-order valence-corrected chi connectivity index (χ4v) is 1.51. The number of hydrogen-bond acceptors (Lipinski definition) is 5. The summed E-state index contributed by atoms with van der Waals surface area (Å²) in [5.41, 5.74) is 0. The first-order chi connectivity index (χ1) is 9.69. The fraction of sp³-hybridized carbons (Fsp3) is 0.500. The topological polar surface area (TPSA) is 66.0 Å². The largest absolute Gasteiger partial charge is 0.496 e. The first-order valence-corrected chi connectivity index (χ1v) is 6.31. The molecular formula is C14H21NO5. The van der Waals surface area contributed by atoms with E-state index < -0.39 is 0 Å². The average molecular weight is 283 g/mol. The summed E-state index contributed by atoms with van der Waals surface area (Å²) in [5, 5.41) is 2.74. The van der Waals surface area contributed by atoms with Crippen molar-refractivity contribution < 1.29 is 23.7 Å². The zero-order chi connectivity index (χ0) is 14.8. The van der Waals surface area contributed by atoms with Crippen LogP contribution in [0.3, 0.4) is 0 Å². The first-order valence-electron chi connectivity index (χ1n) is 6.31. The quantitative estimate of drug-likeness (QED) is 0.691. The second kappa shape index (κ2) is 9.03. The highest BCUT2D eigenvalue weighted by Gasteiger charge is 2.06. The maximum atomic E-state index is 11.5. The van der Waals surface area contributed by atoms with Gasteiger partial charge in [-0.05, 0) is 6.42 Å². The Hall–Kier alpha value is -1.95. The van der Waals surface area contributed by atoms with Crippen molar-refractivity contribution in [3.63, 3.8) is 0 Å². The number of hydrogen-bond donors (Lipinski definition) is 1. The van der Waals surface area contributed by atoms with Crippen molar-refractivity contribution in [2.24, 2.45) is 0 Å². The molecule has 0 aliphatic rings. The highest BCUT2D eigenvalue weighted by Crippen LogP contribution is 2.27. The van der Waals surface area contributed by atoms with Crippen molar-refractivity contribution in [1.29, 1.82) is 0 Å². The Kier molecular flexibility index (Phi) is 7.27. The summed E-state index contributed by atoms with van der Waals surface area (Å²) in [6.07, 6.45) is 0.773. The zero-order valence-electron chi connectivity index (χ0n) is 12.1. The van der Waals surface area contributed by atoms with E-state index in [1.54, 1.807) is 39.5 Å². The van der Waals surface area contributed by atoms with Gasteiger partial charge in [0.15, 0.2) is 6.61 Å². The Bertz CT molecular complexity index is 400. The average Bonchev–Trinajstić information content (AvgIpc) is 2.49. The molecule has 0 saturated heterocycles. The molecule has 0 fully saturated rings. The second-order valence-electron chi connectivity index (χ2n) is 4.03. The number of nitrogens with one attached hydrogen (secondary N) is 1. The Labute approximate surface area is 119 Å². The molecule has 0 aliphatic heterocycles. The Morgan fingerprint density at radius 2 is 1.65 bits per heavy atom. The van der Waals surface area contributed by atoms with Crippen LogP contribution in [0.5, 0.6) is 17.2 Å². The summed E-state index contributed by atoms with van der Waals surface area (Å²) in [4.78, 5) is 11.5. The van der Waals surface area contributed by atoms with E-state index in [0.717, 1.165) is 6.42 Å². The van der Waals surface area contributed by atoms with Crippen molar-refractivity contribution in [2.75, 3.05) is 41.1 Å². The van der Waals surface area contributed by atoms with Gasteiger partial charge < -0.3 is 24.3 Å². The van der Waals surface area contributed by atoms with Crippen LogP contribution in [0.2, 0.25) is 0 Å². The SMILES string of the molecule is COCCCNC(=O)COc1cc(OC)cc(OC)c1. The summed E-state index contributed by atoms with van der Waals surface area (Å²) in [5.74, 6) is 1.57. The molecule has 0 radical (unpaired) electrons. The second-order valence-corrected chi connectivity index (χ2v) is 4.03. The lowest BCUT2D eigenvalue weighted by atomic mass is 10.3. The van der Waals surface area contributed by atoms with Gasteiger partial charge in [-0.15, -0.1) is 0 Å². The monoisotopic (exact) mass is 283 g/mol. The Morgan fingerprint density at radius 3 is 2.20 bits per heavy atom. The number of methoxy groups -OCH3 is 3. The minimum absolute atomic E-state index is 0.0523. The van der Waals surface area contributed by atoms with Gasteiger partial charge in [-0.1, -0.05) is 0 Å². The van der Waals surface area contributed by atoms with Gasteiger partial charge in [0.1, 0.15) is 17.2 Å². The molecular weight excluding hydrogens is 262 g/mol. The third-order valence-electron chi connectivity index (χ3n) is 2.54. The fourth-order valence-electron chi connectivity index (χ4n) is 1.51. The molecule has 0 aliphatic carbocycles. The van der Waals surface area contributed by atoms with E-state index in [-0.39, 0.29) is 12.5 Å². The van der Waals surface area contributed by atoms with Crippen LogP contribution in [0, 0.1) is 0 Å². The third-order valence-corrected chi connectivity index (χ3v) is 2.54. The third kappa shape index (κ3) is 5.79. The van der Waals surface area contributed by atoms with E-state index >= 15 is 0 Å². The maximum Gasteiger partial charge on any atom is 0.257 e. The van der Waals surface area contributed by atoms with Gasteiger partial charge >= 0.3 is 0 Å². The molecule has 0 saturated carbocycles. The molecule has 1 aromatic rings. The van der Waals surface area contributed by atoms with Gasteiger partial charge in [-0.3, -0.25) is 4.79 Å². The Balaban J connectivity index is 2.42. The standard InChI is InChI=1S/C14H21NO5/c1-17-6-4-5-15-14(16)10-20-13-8-11(18-2)7-12(9-13)19-3/h7-9H,4-6,10H2,1-3H3,(H,15,16). The van der Waals surface area contributed by atoms with Gasteiger partial charge in [-0.25, -0.2) is 0 Å². The molecule has 0 spiro atoms. The molecule has 0 heterocycles. The van der Waals surface area contributed by atoms with Gasteiger partial charge in [0.05, 0.1) is 14.2 Å². The smallest absolute Gasteiger partial charge is 0.257 e. The number of carbonyl (C=O) groups excluding carboxylic acids is 1. The zero-order valence-corrected chi connectivity index (χ0v) is 12.1. The molecule has 6 heteroatoms. The number of rotatable bonds is 9. The van der Waals surface area contributed by atoms with E-state index in [9.17, 15) is 4.79 Å². The van der Waals surface area contributed by atoms with Gasteiger partial charge in [-0.2, -0.15) is 0 Å². The molecule has 112 valence electrons. The highest BCUT2D eigenvalue weighted by atomic mass is 16.5. The normalized spacial score (nSPS) is 9.95. The predicted octanol–water partition coefficient (Wildman–Crippen LogP) is 1.24. The van der Waals surface area contributed by atoms with Crippen molar-refractivity contribution in [1.82, 2.24) is 5.32 Å². The number of benzene rings is 1. The van der Waals surface area contributed by atoms with Crippen LogP contribution in [0.25, 0.3) is 0 Å². The summed E-state index contributed by atoms with van der Waals surface area (Å²) in [6.45, 7) is 1.13. The highest BCUT2D eigenvalue weighted by molar-refractivity contribution is 5.77. The molecule has 1 N–H and O–H groups in total. The first kappa shape index (κ1) is 16.1. The van der Waals surface area contributed by atoms with E-state index in [1.165, 1.54) is 0 Å². The summed E-state index contributed by atoms with van der Waals surface area (Å²) in [6, 6.07) is 5.12. The molecule has 1 aromatic carbocycles. The Morgan fingerprint density at radius 1 is 1.05 bits per heavy atom. The van der Waals surface area contributed by atoms with Gasteiger partial charge in [0.2, 0.25) is 0 Å². The predicted molar refractivity (Wildman–Crippen MR) is 74.5 cm³/mol. The minimum Gasteiger partial charge on any atom is -0.496 e. The molecule has 0 bridgehead atoms. The van der Waals surface area contributed by atoms with E-state index in [0.29, 0.717) is 30.4 Å². The van der Waals surface area contributed by atoms with Crippen LogP contribution in [-0.2, 0) is 9.53 Å². The van der Waals surface area contributed by atoms with Gasteiger partial charge in [0.25, 0.3) is 5.91 Å². The van der Waals surface area contributed by atoms with Crippen LogP contribution in [-0.4, -0.2) is 47.0 Å². The van der Waals surface area contributed by atoms with Crippen molar-refractivity contribution in [3.8, 4) is 17.2 Å². The molecule has 20 heavy (non-hydrogen) atoms. The van der Waals surface area contributed by atoms with Crippen LogP contribution in [0.4, 0.5) is 0 Å². The van der Waals surface area contributed by atoms with Crippen molar-refractivity contribution in [2.45, 2.75) is 6.42 Å². The summed E-state index contributed by atoms with van der Waals surface area (Å²) in [7, 11) is 4.74. The van der Waals surface area contributed by atoms with E-state index in [1.807, 2.05) is 0 Å². The lowest BCUT2D eigenvalue weighted by molar-refractivity contribution is -0.123. The van der Waals surface area contributed by atoms with E-state index in [2.05, 4.69) is 5.32 Å². The van der Waals surface area contributed by atoms with Crippen LogP contribution in [0.15, 0.2) is 18.2 Å². The lowest BCUT2D eigenvalue weighted by Gasteiger charge is -2.10. The molecule has 1 rings (SSSR count). The van der Waals surface area contributed by atoms with Crippen molar-refractivity contribution in [3.05, 3.63) is 18.2 Å². The van der Waals surface area contributed by atoms with E-state index in [4.69, 9.17) is 18.9 Å². The molecule has 0 atom stereocenters. The van der Waals surface area contributed by atoms with Crippen LogP contribution >= 0.6 is 0 Å². The summed E-state index contributed by atoms with van der Waals surface area (Å²) >= 11 is 0. The molecule has 1 amide bonds. The van der Waals surface area contributed by atoms with Crippen LogP contribution < -0.4 is 19.5 Å². The van der Waals surface area contributed by atoms with Crippen molar-refractivity contribution >= 4 is 5.91 Å². The number of ether oxygens (including phenoxy) is 4. The minimum atomic E-state index is -0.178. The molecule has 6 nitrogen and oxygen atoms in total.